The monoisotopic (exact) mass is 387 g/mol. The van der Waals surface area contributed by atoms with Crippen molar-refractivity contribution >= 4 is 27.9 Å². The third-order valence-corrected chi connectivity index (χ3v) is 4.98. The van der Waals surface area contributed by atoms with E-state index in [0.717, 1.165) is 41.4 Å². The standard InChI is InChI=1S/C24H25N3O2/c1-17-9-10-19-14-20-15-22(29-24(20)26-21(19)13-17)23(28)25-11-6-12-27(2)16-18-7-4-3-5-8-18/h3-5,7-10,13-15H,6,11-12,16H2,1-2H3,(H,25,28). The van der Waals surface area contributed by atoms with Gasteiger partial charge in [0.2, 0.25) is 5.71 Å². The summed E-state index contributed by atoms with van der Waals surface area (Å²) in [6.45, 7) is 4.44. The van der Waals surface area contributed by atoms with E-state index in [0.29, 0.717) is 18.0 Å². The summed E-state index contributed by atoms with van der Waals surface area (Å²) in [6, 6.07) is 20.3. The second-order valence-electron chi connectivity index (χ2n) is 7.52. The Labute approximate surface area is 170 Å². The van der Waals surface area contributed by atoms with E-state index in [-0.39, 0.29) is 5.91 Å². The zero-order chi connectivity index (χ0) is 20.2. The molecule has 2 aromatic carbocycles. The van der Waals surface area contributed by atoms with Crippen molar-refractivity contribution in [2.24, 2.45) is 0 Å². The molecule has 0 fully saturated rings. The number of pyridine rings is 1. The number of nitrogens with one attached hydrogen (secondary N) is 1. The molecule has 5 nitrogen and oxygen atoms in total. The van der Waals surface area contributed by atoms with E-state index in [4.69, 9.17) is 4.42 Å². The molecule has 0 aliphatic heterocycles. The molecule has 0 saturated heterocycles. The van der Waals surface area contributed by atoms with E-state index < -0.39 is 0 Å². The minimum atomic E-state index is -0.200. The highest BCUT2D eigenvalue weighted by molar-refractivity contribution is 5.98. The summed E-state index contributed by atoms with van der Waals surface area (Å²) < 4.78 is 5.70. The molecule has 0 bridgehead atoms. The van der Waals surface area contributed by atoms with Crippen LogP contribution in [0.5, 0.6) is 0 Å². The number of nitrogens with zero attached hydrogens (tertiary/aromatic N) is 2. The van der Waals surface area contributed by atoms with Crippen molar-refractivity contribution in [1.82, 2.24) is 15.2 Å². The summed E-state index contributed by atoms with van der Waals surface area (Å²) >= 11 is 0. The number of fused-ring (bicyclic) bond motifs is 2. The number of hydrogen-bond donors (Lipinski definition) is 1. The number of carbonyl (C=O) groups excluding carboxylic acids is 1. The SMILES string of the molecule is Cc1ccc2cc3cc(C(=O)NCCCN(C)Cc4ccccc4)oc3nc2c1. The first-order valence-electron chi connectivity index (χ1n) is 9.90. The van der Waals surface area contributed by atoms with Crippen LogP contribution in [0.4, 0.5) is 0 Å². The van der Waals surface area contributed by atoms with Gasteiger partial charge in [-0.15, -0.1) is 0 Å². The molecule has 5 heteroatoms. The quantitative estimate of drug-likeness (QED) is 0.473. The summed E-state index contributed by atoms with van der Waals surface area (Å²) in [7, 11) is 2.09. The number of hydrogen-bond acceptors (Lipinski definition) is 4. The molecule has 4 aromatic rings. The predicted octanol–water partition coefficient (Wildman–Crippen LogP) is 4.54. The van der Waals surface area contributed by atoms with E-state index in [1.54, 1.807) is 6.07 Å². The Morgan fingerprint density at radius 3 is 2.72 bits per heavy atom. The first-order valence-corrected chi connectivity index (χ1v) is 9.90. The molecule has 1 N–H and O–H groups in total. The number of rotatable bonds is 7. The zero-order valence-electron chi connectivity index (χ0n) is 16.8. The minimum absolute atomic E-state index is 0.200. The largest absolute Gasteiger partial charge is 0.433 e. The number of benzene rings is 2. The van der Waals surface area contributed by atoms with Gasteiger partial charge >= 0.3 is 0 Å². The average Bonchev–Trinajstić information content (AvgIpc) is 3.13. The number of amides is 1. The molecule has 0 aliphatic carbocycles. The van der Waals surface area contributed by atoms with Crippen molar-refractivity contribution in [2.45, 2.75) is 19.9 Å². The molecule has 1 amide bonds. The molecule has 29 heavy (non-hydrogen) atoms. The fourth-order valence-electron chi connectivity index (χ4n) is 3.46. The fourth-order valence-corrected chi connectivity index (χ4v) is 3.46. The lowest BCUT2D eigenvalue weighted by atomic mass is 10.1. The molecular weight excluding hydrogens is 362 g/mol. The van der Waals surface area contributed by atoms with Gasteiger partial charge in [-0.25, -0.2) is 4.98 Å². The van der Waals surface area contributed by atoms with E-state index in [1.165, 1.54) is 5.56 Å². The zero-order valence-corrected chi connectivity index (χ0v) is 16.8. The van der Waals surface area contributed by atoms with Gasteiger partial charge in [-0.1, -0.05) is 42.5 Å². The second kappa shape index (κ2) is 8.45. The molecule has 148 valence electrons. The predicted molar refractivity (Wildman–Crippen MR) is 116 cm³/mol. The smallest absolute Gasteiger partial charge is 0.287 e. The highest BCUT2D eigenvalue weighted by atomic mass is 16.4. The molecular formula is C24H25N3O2. The number of furan rings is 1. The van der Waals surface area contributed by atoms with Gasteiger partial charge in [-0.3, -0.25) is 4.79 Å². The van der Waals surface area contributed by atoms with Crippen LogP contribution >= 0.6 is 0 Å². The van der Waals surface area contributed by atoms with Gasteiger partial charge in [0.1, 0.15) is 0 Å². The lowest BCUT2D eigenvalue weighted by Crippen LogP contribution is -2.27. The van der Waals surface area contributed by atoms with Crippen molar-refractivity contribution < 1.29 is 9.21 Å². The molecule has 2 aromatic heterocycles. The highest BCUT2D eigenvalue weighted by Gasteiger charge is 2.13. The van der Waals surface area contributed by atoms with E-state index in [2.05, 4.69) is 52.6 Å². The number of aromatic nitrogens is 1. The highest BCUT2D eigenvalue weighted by Crippen LogP contribution is 2.23. The molecule has 0 saturated carbocycles. The maximum atomic E-state index is 12.5. The van der Waals surface area contributed by atoms with Gasteiger partial charge in [-0.2, -0.15) is 0 Å². The summed E-state index contributed by atoms with van der Waals surface area (Å²) in [5.41, 5.74) is 3.80. The topological polar surface area (TPSA) is 58.4 Å². The molecule has 0 unspecified atom stereocenters. The Morgan fingerprint density at radius 2 is 1.90 bits per heavy atom. The summed E-state index contributed by atoms with van der Waals surface area (Å²) in [4.78, 5) is 19.2. The fraction of sp³-hybridized carbons (Fsp3) is 0.250. The number of aryl methyl sites for hydroxylation is 1. The van der Waals surface area contributed by atoms with Gasteiger partial charge in [-0.05, 0) is 56.3 Å². The average molecular weight is 387 g/mol. The van der Waals surface area contributed by atoms with Crippen LogP contribution in [-0.4, -0.2) is 35.9 Å². The van der Waals surface area contributed by atoms with Crippen LogP contribution < -0.4 is 5.32 Å². The van der Waals surface area contributed by atoms with Crippen LogP contribution in [-0.2, 0) is 6.54 Å². The van der Waals surface area contributed by atoms with E-state index in [1.807, 2.05) is 31.2 Å². The van der Waals surface area contributed by atoms with Gasteiger partial charge in [0.25, 0.3) is 5.91 Å². The maximum Gasteiger partial charge on any atom is 0.287 e. The molecule has 0 aliphatic rings. The molecule has 0 atom stereocenters. The van der Waals surface area contributed by atoms with Crippen molar-refractivity contribution in [2.75, 3.05) is 20.1 Å². The molecule has 4 rings (SSSR count). The Kier molecular flexibility index (Phi) is 5.58. The van der Waals surface area contributed by atoms with Crippen molar-refractivity contribution in [3.8, 4) is 0 Å². The van der Waals surface area contributed by atoms with Crippen LogP contribution in [0.15, 0.2) is 65.1 Å². The Balaban J connectivity index is 1.32. The molecule has 0 spiro atoms. The number of carbonyl (C=O) groups is 1. The van der Waals surface area contributed by atoms with Crippen LogP contribution in [0.2, 0.25) is 0 Å². The Morgan fingerprint density at radius 1 is 1.07 bits per heavy atom. The first kappa shape index (κ1) is 19.2. The van der Waals surface area contributed by atoms with Gasteiger partial charge < -0.3 is 14.6 Å². The summed E-state index contributed by atoms with van der Waals surface area (Å²) in [6.07, 6.45) is 0.872. The Hall–Kier alpha value is -3.18. The normalized spacial score (nSPS) is 11.4. The van der Waals surface area contributed by atoms with Gasteiger partial charge in [0.15, 0.2) is 5.76 Å². The molecule has 2 heterocycles. The first-order chi connectivity index (χ1) is 14.1. The third kappa shape index (κ3) is 4.63. The van der Waals surface area contributed by atoms with Gasteiger partial charge in [0.05, 0.1) is 5.52 Å². The summed E-state index contributed by atoms with van der Waals surface area (Å²) in [5, 5.41) is 4.82. The van der Waals surface area contributed by atoms with Gasteiger partial charge in [0, 0.05) is 23.9 Å². The lowest BCUT2D eigenvalue weighted by molar-refractivity contribution is 0.0926. The van der Waals surface area contributed by atoms with E-state index >= 15 is 0 Å². The van der Waals surface area contributed by atoms with Crippen LogP contribution in [0.25, 0.3) is 22.0 Å². The van der Waals surface area contributed by atoms with E-state index in [9.17, 15) is 4.79 Å². The van der Waals surface area contributed by atoms with Crippen molar-refractivity contribution in [3.05, 3.63) is 77.6 Å². The van der Waals surface area contributed by atoms with Crippen molar-refractivity contribution in [1.29, 1.82) is 0 Å². The van der Waals surface area contributed by atoms with Crippen LogP contribution in [0.1, 0.15) is 28.1 Å². The lowest BCUT2D eigenvalue weighted by Gasteiger charge is -2.16. The third-order valence-electron chi connectivity index (χ3n) is 4.98. The Bertz CT molecular complexity index is 1140. The maximum absolute atomic E-state index is 12.5. The minimum Gasteiger partial charge on any atom is -0.433 e. The molecule has 0 radical (unpaired) electrons. The summed E-state index contributed by atoms with van der Waals surface area (Å²) in [5.74, 6) is 0.103. The second-order valence-corrected chi connectivity index (χ2v) is 7.52. The van der Waals surface area contributed by atoms with Crippen LogP contribution in [0, 0.1) is 6.92 Å². The van der Waals surface area contributed by atoms with Crippen LogP contribution in [0.3, 0.4) is 0 Å². The van der Waals surface area contributed by atoms with Crippen molar-refractivity contribution in [3.63, 3.8) is 0 Å².